The van der Waals surface area contributed by atoms with E-state index in [0.29, 0.717) is 5.56 Å². The molecule has 0 aliphatic heterocycles. The molecule has 0 atom stereocenters. The number of rotatable bonds is 2. The molecule has 0 aliphatic carbocycles. The van der Waals surface area contributed by atoms with Gasteiger partial charge in [0, 0.05) is 0 Å². The van der Waals surface area contributed by atoms with Crippen molar-refractivity contribution in [3.63, 3.8) is 0 Å². The van der Waals surface area contributed by atoms with Crippen LogP contribution in [0.4, 0.5) is 8.78 Å². The normalized spacial score (nSPS) is 10.0. The number of pyridine rings is 1. The van der Waals surface area contributed by atoms with Crippen molar-refractivity contribution in [2.45, 2.75) is 13.3 Å². The first-order valence-electron chi connectivity index (χ1n) is 3.84. The Labute approximate surface area is 79.9 Å². The van der Waals surface area contributed by atoms with Crippen molar-refractivity contribution in [1.29, 1.82) is 5.26 Å². The van der Waals surface area contributed by atoms with E-state index in [-0.39, 0.29) is 17.1 Å². The molecule has 1 rings (SSSR count). The van der Waals surface area contributed by atoms with Crippen LogP contribution in [0.2, 0.25) is 0 Å². The van der Waals surface area contributed by atoms with Crippen LogP contribution in [0.1, 0.15) is 23.2 Å². The van der Waals surface area contributed by atoms with Gasteiger partial charge in [0.25, 0.3) is 6.43 Å². The molecule has 0 spiro atoms. The van der Waals surface area contributed by atoms with Gasteiger partial charge in [0.2, 0.25) is 5.88 Å². The number of methoxy groups -OCH3 is 1. The van der Waals surface area contributed by atoms with Crippen LogP contribution < -0.4 is 4.74 Å². The molecule has 0 saturated carbocycles. The van der Waals surface area contributed by atoms with E-state index in [1.54, 1.807) is 6.07 Å². The molecule has 0 aromatic carbocycles. The average molecular weight is 198 g/mol. The second kappa shape index (κ2) is 4.01. The highest BCUT2D eigenvalue weighted by Crippen LogP contribution is 2.30. The Morgan fingerprint density at radius 1 is 1.57 bits per heavy atom. The van der Waals surface area contributed by atoms with Crippen molar-refractivity contribution < 1.29 is 13.5 Å². The van der Waals surface area contributed by atoms with E-state index >= 15 is 0 Å². The lowest BCUT2D eigenvalue weighted by Gasteiger charge is -2.09. The topological polar surface area (TPSA) is 45.9 Å². The second-order valence-electron chi connectivity index (χ2n) is 2.66. The summed E-state index contributed by atoms with van der Waals surface area (Å²) < 4.78 is 29.7. The first-order chi connectivity index (χ1) is 6.60. The Balaban J connectivity index is 3.36. The third-order valence-electron chi connectivity index (χ3n) is 1.76. The summed E-state index contributed by atoms with van der Waals surface area (Å²) in [6, 6.07) is 3.08. The molecule has 0 radical (unpaired) electrons. The minimum absolute atomic E-state index is 0.0729. The number of ether oxygens (including phenoxy) is 1. The van der Waals surface area contributed by atoms with Crippen LogP contribution in [-0.2, 0) is 0 Å². The highest BCUT2D eigenvalue weighted by atomic mass is 19.3. The van der Waals surface area contributed by atoms with E-state index in [1.807, 2.05) is 0 Å². The number of nitriles is 1. The zero-order valence-electron chi connectivity index (χ0n) is 7.71. The van der Waals surface area contributed by atoms with Crippen LogP contribution in [-0.4, -0.2) is 12.1 Å². The van der Waals surface area contributed by atoms with Crippen molar-refractivity contribution in [3.05, 3.63) is 22.9 Å². The molecule has 0 unspecified atom stereocenters. The molecular weight excluding hydrogens is 190 g/mol. The van der Waals surface area contributed by atoms with Crippen molar-refractivity contribution in [3.8, 4) is 11.9 Å². The fourth-order valence-electron chi connectivity index (χ4n) is 1.13. The van der Waals surface area contributed by atoms with E-state index in [2.05, 4.69) is 9.72 Å². The van der Waals surface area contributed by atoms with Crippen LogP contribution in [0, 0.1) is 18.3 Å². The van der Waals surface area contributed by atoms with Gasteiger partial charge in [-0.1, -0.05) is 0 Å². The van der Waals surface area contributed by atoms with Gasteiger partial charge in [-0.2, -0.15) is 5.26 Å². The van der Waals surface area contributed by atoms with Gasteiger partial charge in [0.15, 0.2) is 0 Å². The van der Waals surface area contributed by atoms with E-state index in [0.717, 1.165) is 0 Å². The van der Waals surface area contributed by atoms with Gasteiger partial charge in [-0.25, -0.2) is 13.8 Å². The largest absolute Gasteiger partial charge is 0.481 e. The van der Waals surface area contributed by atoms with Crippen molar-refractivity contribution in [2.75, 3.05) is 7.11 Å². The molecule has 0 saturated heterocycles. The first-order valence-corrected chi connectivity index (χ1v) is 3.84. The molecule has 1 aromatic heterocycles. The highest BCUT2D eigenvalue weighted by Gasteiger charge is 2.19. The summed E-state index contributed by atoms with van der Waals surface area (Å²) in [6.07, 6.45) is -2.65. The summed E-state index contributed by atoms with van der Waals surface area (Å²) in [5.74, 6) is -0.184. The Morgan fingerprint density at radius 2 is 2.21 bits per heavy atom. The first kappa shape index (κ1) is 10.4. The minimum atomic E-state index is -2.65. The lowest BCUT2D eigenvalue weighted by molar-refractivity contribution is 0.145. The van der Waals surface area contributed by atoms with Gasteiger partial charge >= 0.3 is 0 Å². The SMILES string of the molecule is COc1nc(C#N)cc(C)c1C(F)F. The number of aromatic nitrogens is 1. The Hall–Kier alpha value is -1.70. The maximum Gasteiger partial charge on any atom is 0.269 e. The molecule has 0 bridgehead atoms. The Bertz CT molecular complexity index is 385. The molecule has 0 amide bonds. The number of aryl methyl sites for hydroxylation is 1. The molecule has 3 nitrogen and oxygen atoms in total. The van der Waals surface area contributed by atoms with Gasteiger partial charge in [0.05, 0.1) is 12.7 Å². The lowest BCUT2D eigenvalue weighted by Crippen LogP contribution is -2.00. The molecule has 0 fully saturated rings. The number of alkyl halides is 2. The summed E-state index contributed by atoms with van der Waals surface area (Å²) in [5.41, 5.74) is 0.124. The summed E-state index contributed by atoms with van der Waals surface area (Å²) >= 11 is 0. The summed E-state index contributed by atoms with van der Waals surface area (Å²) in [5, 5.41) is 8.56. The molecule has 0 aliphatic rings. The molecule has 5 heteroatoms. The van der Waals surface area contributed by atoms with E-state index in [9.17, 15) is 8.78 Å². The zero-order chi connectivity index (χ0) is 10.7. The summed E-state index contributed by atoms with van der Waals surface area (Å²) in [4.78, 5) is 3.63. The van der Waals surface area contributed by atoms with E-state index < -0.39 is 6.43 Å². The Kier molecular flexibility index (Phi) is 2.97. The maximum atomic E-state index is 12.5. The van der Waals surface area contributed by atoms with Crippen LogP contribution in [0.3, 0.4) is 0 Å². The highest BCUT2D eigenvalue weighted by molar-refractivity contribution is 5.40. The summed E-state index contributed by atoms with van der Waals surface area (Å²) in [6.45, 7) is 1.49. The molecule has 74 valence electrons. The Morgan fingerprint density at radius 3 is 2.64 bits per heavy atom. The molecule has 14 heavy (non-hydrogen) atoms. The van der Waals surface area contributed by atoms with Crippen molar-refractivity contribution in [1.82, 2.24) is 4.98 Å². The van der Waals surface area contributed by atoms with Crippen LogP contribution in [0.15, 0.2) is 6.07 Å². The third kappa shape index (κ3) is 1.79. The predicted molar refractivity (Wildman–Crippen MR) is 45.2 cm³/mol. The van der Waals surface area contributed by atoms with Gasteiger partial charge in [0.1, 0.15) is 11.8 Å². The molecule has 1 heterocycles. The second-order valence-corrected chi connectivity index (χ2v) is 2.66. The fourth-order valence-corrected chi connectivity index (χ4v) is 1.13. The monoisotopic (exact) mass is 198 g/mol. The maximum absolute atomic E-state index is 12.5. The molecule has 1 aromatic rings. The van der Waals surface area contributed by atoms with Crippen LogP contribution in [0.25, 0.3) is 0 Å². The minimum Gasteiger partial charge on any atom is -0.481 e. The van der Waals surface area contributed by atoms with Gasteiger partial charge in [-0.3, -0.25) is 0 Å². The lowest BCUT2D eigenvalue weighted by atomic mass is 10.1. The van der Waals surface area contributed by atoms with E-state index in [4.69, 9.17) is 5.26 Å². The quantitative estimate of drug-likeness (QED) is 0.731. The van der Waals surface area contributed by atoms with E-state index in [1.165, 1.54) is 20.1 Å². The zero-order valence-corrected chi connectivity index (χ0v) is 7.71. The number of hydrogen-bond donors (Lipinski definition) is 0. The van der Waals surface area contributed by atoms with Crippen LogP contribution in [0.5, 0.6) is 5.88 Å². The van der Waals surface area contributed by atoms with Gasteiger partial charge in [-0.15, -0.1) is 0 Å². The smallest absolute Gasteiger partial charge is 0.269 e. The van der Waals surface area contributed by atoms with Gasteiger partial charge in [-0.05, 0) is 18.6 Å². The van der Waals surface area contributed by atoms with Gasteiger partial charge < -0.3 is 4.74 Å². The number of halogens is 2. The predicted octanol–water partition coefficient (Wildman–Crippen LogP) is 2.21. The molecule has 0 N–H and O–H groups in total. The van der Waals surface area contributed by atoms with Crippen molar-refractivity contribution >= 4 is 0 Å². The number of nitrogens with zero attached hydrogens (tertiary/aromatic N) is 2. The number of hydrogen-bond acceptors (Lipinski definition) is 3. The standard InChI is InChI=1S/C9H8F2N2O/c1-5-3-6(4-12)13-9(14-2)7(5)8(10)11/h3,8H,1-2H3. The summed E-state index contributed by atoms with van der Waals surface area (Å²) in [7, 11) is 1.24. The third-order valence-corrected chi connectivity index (χ3v) is 1.76. The fraction of sp³-hybridized carbons (Fsp3) is 0.333. The van der Waals surface area contributed by atoms with Crippen LogP contribution >= 0.6 is 0 Å². The van der Waals surface area contributed by atoms with Crippen molar-refractivity contribution in [2.24, 2.45) is 0 Å². The molecular formula is C9H8F2N2O. The average Bonchev–Trinajstić information content (AvgIpc) is 2.15.